The van der Waals surface area contributed by atoms with Gasteiger partial charge in [0.15, 0.2) is 0 Å². The van der Waals surface area contributed by atoms with Crippen molar-refractivity contribution in [3.63, 3.8) is 0 Å². The lowest BCUT2D eigenvalue weighted by molar-refractivity contribution is -0.383. The van der Waals surface area contributed by atoms with Gasteiger partial charge in [0, 0.05) is 36.1 Å². The number of nitrogens with two attached hydrogens (primary N) is 1. The lowest BCUT2D eigenvalue weighted by Gasteiger charge is -2.32. The third-order valence-corrected chi connectivity index (χ3v) is 4.77. The molecule has 0 unspecified atom stereocenters. The second-order valence-electron chi connectivity index (χ2n) is 6.69. The highest BCUT2D eigenvalue weighted by molar-refractivity contribution is 5.94. The van der Waals surface area contributed by atoms with Crippen LogP contribution in [0.5, 0.6) is 0 Å². The van der Waals surface area contributed by atoms with Gasteiger partial charge in [0.25, 0.3) is 5.69 Å². The zero-order valence-electron chi connectivity index (χ0n) is 14.6. The van der Waals surface area contributed by atoms with Crippen molar-refractivity contribution in [1.29, 1.82) is 0 Å². The maximum Gasteiger partial charge on any atom is 0.293 e. The Morgan fingerprint density at radius 1 is 1.19 bits per heavy atom. The van der Waals surface area contributed by atoms with Gasteiger partial charge in [-0.15, -0.1) is 0 Å². The first-order valence-electron chi connectivity index (χ1n) is 8.64. The number of nitro benzene ring substituents is 1. The molecule has 136 valence electrons. The quantitative estimate of drug-likeness (QED) is 0.630. The van der Waals surface area contributed by atoms with Crippen LogP contribution >= 0.6 is 0 Å². The van der Waals surface area contributed by atoms with Crippen LogP contribution in [-0.4, -0.2) is 23.9 Å². The Labute approximate surface area is 152 Å². The Hall–Kier alpha value is -3.09. The average molecular weight is 354 g/mol. The lowest BCUT2D eigenvalue weighted by Crippen LogP contribution is -2.32. The lowest BCUT2D eigenvalue weighted by atomic mass is 9.99. The largest absolute Gasteiger partial charge is 0.372 e. The van der Waals surface area contributed by atoms with E-state index in [0.29, 0.717) is 5.69 Å². The van der Waals surface area contributed by atoms with Crippen molar-refractivity contribution in [2.75, 3.05) is 23.3 Å². The van der Waals surface area contributed by atoms with Gasteiger partial charge in [-0.2, -0.15) is 0 Å². The van der Waals surface area contributed by atoms with Crippen LogP contribution in [0.1, 0.15) is 30.1 Å². The number of amides is 1. The van der Waals surface area contributed by atoms with Crippen molar-refractivity contribution in [2.45, 2.75) is 19.8 Å². The highest BCUT2D eigenvalue weighted by Crippen LogP contribution is 2.30. The van der Waals surface area contributed by atoms with Crippen molar-refractivity contribution in [3.8, 4) is 0 Å². The van der Waals surface area contributed by atoms with Crippen LogP contribution in [-0.2, 0) is 0 Å². The van der Waals surface area contributed by atoms with E-state index in [1.54, 1.807) is 0 Å². The summed E-state index contributed by atoms with van der Waals surface area (Å²) in [5.41, 5.74) is 7.34. The third kappa shape index (κ3) is 3.93. The van der Waals surface area contributed by atoms with Gasteiger partial charge in [-0.05, 0) is 55.2 Å². The van der Waals surface area contributed by atoms with Gasteiger partial charge >= 0.3 is 0 Å². The summed E-state index contributed by atoms with van der Waals surface area (Å²) < 4.78 is 0. The Bertz CT molecular complexity index is 812. The van der Waals surface area contributed by atoms with Crippen LogP contribution in [0, 0.1) is 16.0 Å². The fourth-order valence-electron chi connectivity index (χ4n) is 3.12. The van der Waals surface area contributed by atoms with E-state index in [4.69, 9.17) is 5.73 Å². The summed E-state index contributed by atoms with van der Waals surface area (Å²) in [6.07, 6.45) is 2.39. The molecule has 1 aliphatic rings. The number of anilines is 3. The van der Waals surface area contributed by atoms with E-state index < -0.39 is 10.8 Å². The normalized spacial score (nSPS) is 14.9. The van der Waals surface area contributed by atoms with Crippen molar-refractivity contribution in [3.05, 3.63) is 58.1 Å². The number of rotatable bonds is 5. The number of nitrogens with zero attached hydrogens (tertiary/aromatic N) is 2. The van der Waals surface area contributed by atoms with E-state index in [2.05, 4.69) is 17.1 Å². The molecule has 7 nitrogen and oxygen atoms in total. The number of piperidine rings is 1. The van der Waals surface area contributed by atoms with Crippen LogP contribution < -0.4 is 16.0 Å². The predicted octanol–water partition coefficient (Wildman–Crippen LogP) is 3.67. The first kappa shape index (κ1) is 17.7. The molecule has 0 radical (unpaired) electrons. The van der Waals surface area contributed by atoms with E-state index in [-0.39, 0.29) is 11.3 Å². The molecule has 2 aromatic carbocycles. The molecular formula is C19H22N4O3. The molecule has 3 N–H and O–H groups in total. The molecule has 0 saturated carbocycles. The summed E-state index contributed by atoms with van der Waals surface area (Å²) in [5, 5.41) is 14.3. The minimum atomic E-state index is -0.695. The van der Waals surface area contributed by atoms with E-state index in [0.717, 1.165) is 30.4 Å². The molecule has 1 fully saturated rings. The molecule has 0 bridgehead atoms. The minimum absolute atomic E-state index is 0.108. The van der Waals surface area contributed by atoms with Gasteiger partial charge in [0.1, 0.15) is 5.69 Å². The fourth-order valence-corrected chi connectivity index (χ4v) is 3.12. The van der Waals surface area contributed by atoms with Crippen molar-refractivity contribution in [1.82, 2.24) is 0 Å². The number of hydrogen-bond acceptors (Lipinski definition) is 5. The van der Waals surface area contributed by atoms with Crippen LogP contribution in [0.25, 0.3) is 0 Å². The molecule has 2 aromatic rings. The fraction of sp³-hybridized carbons (Fsp3) is 0.316. The summed E-state index contributed by atoms with van der Waals surface area (Å²) in [6.45, 7) is 4.38. The van der Waals surface area contributed by atoms with Gasteiger partial charge in [-0.1, -0.05) is 6.92 Å². The summed E-state index contributed by atoms with van der Waals surface area (Å²) >= 11 is 0. The molecule has 0 aromatic heterocycles. The molecule has 7 heteroatoms. The van der Waals surface area contributed by atoms with Crippen LogP contribution in [0.4, 0.5) is 22.7 Å². The van der Waals surface area contributed by atoms with Crippen LogP contribution in [0.3, 0.4) is 0 Å². The van der Waals surface area contributed by atoms with E-state index in [9.17, 15) is 14.9 Å². The molecule has 1 heterocycles. The SMILES string of the molecule is CC1CCN(c2ccc(Nc3ccc(C(N)=O)cc3[N+](=O)[O-])cc2)CC1. The predicted molar refractivity (Wildman–Crippen MR) is 102 cm³/mol. The van der Waals surface area contributed by atoms with E-state index in [1.807, 2.05) is 24.3 Å². The number of nitrogens with one attached hydrogen (secondary N) is 1. The zero-order valence-corrected chi connectivity index (χ0v) is 14.6. The van der Waals surface area contributed by atoms with Gasteiger partial charge in [-0.25, -0.2) is 0 Å². The number of nitro groups is 1. The molecule has 1 aliphatic heterocycles. The number of hydrogen-bond donors (Lipinski definition) is 2. The van der Waals surface area contributed by atoms with Crippen molar-refractivity contribution in [2.24, 2.45) is 11.7 Å². The maximum absolute atomic E-state index is 11.3. The highest BCUT2D eigenvalue weighted by atomic mass is 16.6. The van der Waals surface area contributed by atoms with Gasteiger partial charge in [0.05, 0.1) is 4.92 Å². The monoisotopic (exact) mass is 354 g/mol. The summed E-state index contributed by atoms with van der Waals surface area (Å²) in [5.74, 6) is 0.0796. The Kier molecular flexibility index (Phi) is 5.06. The number of primary amides is 1. The highest BCUT2D eigenvalue weighted by Gasteiger charge is 2.18. The Morgan fingerprint density at radius 3 is 2.42 bits per heavy atom. The average Bonchev–Trinajstić information content (AvgIpc) is 2.63. The molecule has 0 aliphatic carbocycles. The van der Waals surface area contributed by atoms with E-state index in [1.165, 1.54) is 31.0 Å². The van der Waals surface area contributed by atoms with Crippen molar-refractivity contribution >= 4 is 28.7 Å². The summed E-state index contributed by atoms with van der Waals surface area (Å²) in [4.78, 5) is 24.3. The molecule has 3 rings (SSSR count). The summed E-state index contributed by atoms with van der Waals surface area (Å²) in [6, 6.07) is 12.0. The Balaban J connectivity index is 1.77. The molecule has 1 amide bonds. The minimum Gasteiger partial charge on any atom is -0.372 e. The Morgan fingerprint density at radius 2 is 1.85 bits per heavy atom. The van der Waals surface area contributed by atoms with Gasteiger partial charge in [-0.3, -0.25) is 14.9 Å². The second-order valence-corrected chi connectivity index (χ2v) is 6.69. The maximum atomic E-state index is 11.3. The smallest absolute Gasteiger partial charge is 0.293 e. The number of carbonyl (C=O) groups excluding carboxylic acids is 1. The van der Waals surface area contributed by atoms with Gasteiger partial charge < -0.3 is 16.0 Å². The number of carbonyl (C=O) groups is 1. The standard InChI is InChI=1S/C19H22N4O3/c1-13-8-10-22(11-9-13)16-5-3-15(4-6-16)21-17-7-2-14(19(20)24)12-18(17)23(25)26/h2-7,12-13,21H,8-11H2,1H3,(H2,20,24). The third-order valence-electron chi connectivity index (χ3n) is 4.77. The molecular weight excluding hydrogens is 332 g/mol. The molecule has 1 saturated heterocycles. The number of benzene rings is 2. The van der Waals surface area contributed by atoms with Crippen molar-refractivity contribution < 1.29 is 9.72 Å². The zero-order chi connectivity index (χ0) is 18.7. The van der Waals surface area contributed by atoms with Crippen LogP contribution in [0.15, 0.2) is 42.5 Å². The molecule has 26 heavy (non-hydrogen) atoms. The first-order chi connectivity index (χ1) is 12.4. The first-order valence-corrected chi connectivity index (χ1v) is 8.64. The molecule has 0 spiro atoms. The van der Waals surface area contributed by atoms with Gasteiger partial charge in [0.2, 0.25) is 5.91 Å². The topological polar surface area (TPSA) is 102 Å². The summed E-state index contributed by atoms with van der Waals surface area (Å²) in [7, 11) is 0. The van der Waals surface area contributed by atoms with E-state index >= 15 is 0 Å². The second kappa shape index (κ2) is 7.43. The van der Waals surface area contributed by atoms with Crippen LogP contribution in [0.2, 0.25) is 0 Å². The molecule has 0 atom stereocenters.